The molecule has 0 rings (SSSR count). The Kier molecular flexibility index (Phi) is 9.29. The average molecular weight is 205 g/mol. The highest BCUT2D eigenvalue weighted by atomic mass is 16.5. The molecule has 2 N–H and O–H groups in total. The van der Waals surface area contributed by atoms with E-state index in [9.17, 15) is 5.11 Å². The predicted octanol–water partition coefficient (Wildman–Crippen LogP) is 0.256. The first-order valence-electron chi connectivity index (χ1n) is 5.16. The Morgan fingerprint density at radius 2 is 2.00 bits per heavy atom. The Labute approximate surface area is 86.6 Å². The Bertz CT molecular complexity index is 122. The van der Waals surface area contributed by atoms with Gasteiger partial charge >= 0.3 is 0 Å². The van der Waals surface area contributed by atoms with Gasteiger partial charge in [-0.05, 0) is 19.4 Å². The molecule has 4 nitrogen and oxygen atoms in total. The zero-order valence-electron chi connectivity index (χ0n) is 9.45. The molecule has 14 heavy (non-hydrogen) atoms. The van der Waals surface area contributed by atoms with E-state index in [4.69, 9.17) is 9.47 Å². The molecular formula is C10H23NO3. The third kappa shape index (κ3) is 8.44. The lowest BCUT2D eigenvalue weighted by atomic mass is 10.2. The highest BCUT2D eigenvalue weighted by molar-refractivity contribution is 4.61. The second-order valence-electron chi connectivity index (χ2n) is 3.53. The number of hydrogen-bond acceptors (Lipinski definition) is 4. The number of ether oxygens (including phenoxy) is 2. The minimum Gasteiger partial charge on any atom is -0.389 e. The summed E-state index contributed by atoms with van der Waals surface area (Å²) in [7, 11) is 1.69. The van der Waals surface area contributed by atoms with E-state index >= 15 is 0 Å². The summed E-state index contributed by atoms with van der Waals surface area (Å²) in [6.07, 6.45) is -0.412. The van der Waals surface area contributed by atoms with Gasteiger partial charge in [0.15, 0.2) is 0 Å². The number of nitrogens with one attached hydrogen (secondary N) is 1. The maximum atomic E-state index is 9.40. The summed E-state index contributed by atoms with van der Waals surface area (Å²) >= 11 is 0. The van der Waals surface area contributed by atoms with E-state index in [0.717, 1.165) is 13.2 Å². The molecule has 0 aromatic carbocycles. The van der Waals surface area contributed by atoms with Gasteiger partial charge in [0.25, 0.3) is 0 Å². The van der Waals surface area contributed by atoms with E-state index in [1.165, 1.54) is 0 Å². The van der Waals surface area contributed by atoms with Gasteiger partial charge in [0, 0.05) is 26.9 Å². The summed E-state index contributed by atoms with van der Waals surface area (Å²) in [6.45, 7) is 7.26. The molecule has 0 radical (unpaired) electrons. The maximum absolute atomic E-state index is 9.40. The molecule has 2 unspecified atom stereocenters. The molecule has 2 atom stereocenters. The fourth-order valence-corrected chi connectivity index (χ4v) is 1.15. The van der Waals surface area contributed by atoms with Crippen LogP contribution < -0.4 is 5.32 Å². The second-order valence-corrected chi connectivity index (χ2v) is 3.53. The molecule has 0 aliphatic rings. The largest absolute Gasteiger partial charge is 0.389 e. The van der Waals surface area contributed by atoms with Crippen LogP contribution in [0.25, 0.3) is 0 Å². The van der Waals surface area contributed by atoms with Crippen molar-refractivity contribution >= 4 is 0 Å². The number of methoxy groups -OCH3 is 1. The van der Waals surface area contributed by atoms with Crippen LogP contribution in [0, 0.1) is 5.92 Å². The number of hydrogen-bond donors (Lipinski definition) is 2. The molecule has 4 heteroatoms. The molecule has 0 saturated heterocycles. The lowest BCUT2D eigenvalue weighted by molar-refractivity contribution is 0.0419. The Morgan fingerprint density at radius 3 is 2.57 bits per heavy atom. The van der Waals surface area contributed by atoms with Crippen LogP contribution in [0.15, 0.2) is 0 Å². The minimum atomic E-state index is -0.412. The van der Waals surface area contributed by atoms with E-state index in [1.54, 1.807) is 7.11 Å². The number of aliphatic hydroxyl groups excluding tert-OH is 1. The van der Waals surface area contributed by atoms with Crippen molar-refractivity contribution in [3.63, 3.8) is 0 Å². The first kappa shape index (κ1) is 13.8. The molecule has 0 fully saturated rings. The Morgan fingerprint density at radius 1 is 1.29 bits per heavy atom. The summed E-state index contributed by atoms with van der Waals surface area (Å²) in [4.78, 5) is 0. The van der Waals surface area contributed by atoms with Crippen LogP contribution in [0.3, 0.4) is 0 Å². The van der Waals surface area contributed by atoms with Gasteiger partial charge in [-0.15, -0.1) is 0 Å². The predicted molar refractivity (Wildman–Crippen MR) is 56.4 cm³/mol. The maximum Gasteiger partial charge on any atom is 0.0897 e. The summed E-state index contributed by atoms with van der Waals surface area (Å²) in [6, 6.07) is 0. The van der Waals surface area contributed by atoms with Crippen LogP contribution in [-0.4, -0.2) is 51.2 Å². The molecule has 86 valence electrons. The summed E-state index contributed by atoms with van der Waals surface area (Å²) in [5.41, 5.74) is 0. The van der Waals surface area contributed by atoms with Crippen molar-refractivity contribution in [2.45, 2.75) is 20.0 Å². The smallest absolute Gasteiger partial charge is 0.0897 e. The first-order chi connectivity index (χ1) is 6.70. The Balaban J connectivity index is 3.25. The van der Waals surface area contributed by atoms with Crippen LogP contribution in [0.2, 0.25) is 0 Å². The van der Waals surface area contributed by atoms with Gasteiger partial charge in [-0.2, -0.15) is 0 Å². The van der Waals surface area contributed by atoms with E-state index < -0.39 is 6.10 Å². The van der Waals surface area contributed by atoms with Gasteiger partial charge < -0.3 is 19.9 Å². The lowest BCUT2D eigenvalue weighted by Gasteiger charge is -2.14. The van der Waals surface area contributed by atoms with Gasteiger partial charge in [0.2, 0.25) is 0 Å². The molecular weight excluding hydrogens is 182 g/mol. The van der Waals surface area contributed by atoms with Crippen molar-refractivity contribution in [1.82, 2.24) is 5.32 Å². The molecule has 0 aromatic heterocycles. The summed E-state index contributed by atoms with van der Waals surface area (Å²) in [5, 5.41) is 12.6. The highest BCUT2D eigenvalue weighted by Gasteiger charge is 2.05. The van der Waals surface area contributed by atoms with Crippen molar-refractivity contribution in [3.8, 4) is 0 Å². The third-order valence-electron chi connectivity index (χ3n) is 1.84. The normalized spacial score (nSPS) is 15.4. The van der Waals surface area contributed by atoms with Gasteiger partial charge in [-0.3, -0.25) is 0 Å². The molecule has 0 spiro atoms. The van der Waals surface area contributed by atoms with Gasteiger partial charge in [0.05, 0.1) is 12.7 Å². The van der Waals surface area contributed by atoms with Crippen molar-refractivity contribution in [2.75, 3.05) is 40.0 Å². The molecule has 0 saturated carbocycles. The Hall–Kier alpha value is -0.160. The van der Waals surface area contributed by atoms with E-state index in [2.05, 4.69) is 12.2 Å². The topological polar surface area (TPSA) is 50.7 Å². The van der Waals surface area contributed by atoms with Gasteiger partial charge in [-0.25, -0.2) is 0 Å². The zero-order chi connectivity index (χ0) is 10.8. The minimum absolute atomic E-state index is 0.405. The van der Waals surface area contributed by atoms with Gasteiger partial charge in [-0.1, -0.05) is 6.92 Å². The third-order valence-corrected chi connectivity index (χ3v) is 1.84. The quantitative estimate of drug-likeness (QED) is 0.567. The number of aliphatic hydroxyl groups is 1. The first-order valence-corrected chi connectivity index (χ1v) is 5.16. The lowest BCUT2D eigenvalue weighted by Crippen LogP contribution is -2.33. The van der Waals surface area contributed by atoms with E-state index in [1.807, 2.05) is 6.92 Å². The monoisotopic (exact) mass is 205 g/mol. The van der Waals surface area contributed by atoms with Crippen LogP contribution in [-0.2, 0) is 9.47 Å². The van der Waals surface area contributed by atoms with Crippen LogP contribution in [0.1, 0.15) is 13.8 Å². The van der Waals surface area contributed by atoms with E-state index in [-0.39, 0.29) is 0 Å². The van der Waals surface area contributed by atoms with Crippen LogP contribution >= 0.6 is 0 Å². The standard InChI is InChI=1S/C10H23NO3/c1-4-14-8-10(12)6-11-5-9(2)7-13-3/h9-12H,4-8H2,1-3H3. The highest BCUT2D eigenvalue weighted by Crippen LogP contribution is 1.92. The molecule has 0 bridgehead atoms. The fourth-order valence-electron chi connectivity index (χ4n) is 1.15. The second kappa shape index (κ2) is 9.40. The van der Waals surface area contributed by atoms with Gasteiger partial charge in [0.1, 0.15) is 0 Å². The molecule has 0 heterocycles. The molecule has 0 amide bonds. The summed E-state index contributed by atoms with van der Waals surface area (Å²) < 4.78 is 10.1. The zero-order valence-corrected chi connectivity index (χ0v) is 9.45. The van der Waals surface area contributed by atoms with Crippen molar-refractivity contribution in [3.05, 3.63) is 0 Å². The summed E-state index contributed by atoms with van der Waals surface area (Å²) in [5.74, 6) is 0.472. The molecule has 0 aromatic rings. The van der Waals surface area contributed by atoms with E-state index in [0.29, 0.717) is 25.7 Å². The van der Waals surface area contributed by atoms with Crippen LogP contribution in [0.5, 0.6) is 0 Å². The fraction of sp³-hybridized carbons (Fsp3) is 1.00. The van der Waals surface area contributed by atoms with Crippen molar-refractivity contribution in [2.24, 2.45) is 5.92 Å². The SMILES string of the molecule is CCOCC(O)CNCC(C)COC. The number of rotatable bonds is 9. The van der Waals surface area contributed by atoms with Crippen molar-refractivity contribution in [1.29, 1.82) is 0 Å². The van der Waals surface area contributed by atoms with Crippen molar-refractivity contribution < 1.29 is 14.6 Å². The molecule has 0 aliphatic carbocycles. The van der Waals surface area contributed by atoms with Crippen LogP contribution in [0.4, 0.5) is 0 Å². The average Bonchev–Trinajstić information content (AvgIpc) is 2.15. The molecule has 0 aliphatic heterocycles.